The van der Waals surface area contributed by atoms with E-state index in [0.717, 1.165) is 44.0 Å². The lowest BCUT2D eigenvalue weighted by atomic mass is 9.90. The summed E-state index contributed by atoms with van der Waals surface area (Å²) in [5.41, 5.74) is 4.23. The van der Waals surface area contributed by atoms with Crippen LogP contribution in [0.3, 0.4) is 0 Å². The average Bonchev–Trinajstić information content (AvgIpc) is 2.73. The zero-order chi connectivity index (χ0) is 20.2. The number of likely N-dealkylation sites (tertiary alicyclic amines) is 1. The van der Waals surface area contributed by atoms with Crippen molar-refractivity contribution in [2.75, 3.05) is 36.4 Å². The lowest BCUT2D eigenvalue weighted by Gasteiger charge is -2.34. The molecule has 4 rings (SSSR count). The summed E-state index contributed by atoms with van der Waals surface area (Å²) in [5.74, 6) is 0.599. The molecule has 0 atom stereocenters. The second-order valence-electron chi connectivity index (χ2n) is 8.29. The molecule has 0 bridgehead atoms. The van der Waals surface area contributed by atoms with E-state index in [4.69, 9.17) is 0 Å². The number of hydrogen-bond donors (Lipinski definition) is 1. The molecule has 2 aliphatic heterocycles. The second-order valence-corrected chi connectivity index (χ2v) is 8.29. The van der Waals surface area contributed by atoms with Gasteiger partial charge in [-0.1, -0.05) is 42.0 Å². The Balaban J connectivity index is 1.27. The number of nitrogens with one attached hydrogen (secondary N) is 1. The SMILES string of the molecule is Cc1ccc(CCC2CCN(CC(=O)N3CC(=O)Nc4ccccc43)CC2)cc1. The van der Waals surface area contributed by atoms with E-state index in [-0.39, 0.29) is 18.4 Å². The largest absolute Gasteiger partial charge is 0.323 e. The van der Waals surface area contributed by atoms with Crippen molar-refractivity contribution in [3.8, 4) is 0 Å². The van der Waals surface area contributed by atoms with Crippen molar-refractivity contribution in [2.45, 2.75) is 32.6 Å². The van der Waals surface area contributed by atoms with Gasteiger partial charge in [-0.2, -0.15) is 0 Å². The smallest absolute Gasteiger partial charge is 0.244 e. The van der Waals surface area contributed by atoms with Gasteiger partial charge in [0.05, 0.1) is 17.9 Å². The van der Waals surface area contributed by atoms with Gasteiger partial charge >= 0.3 is 0 Å². The first kappa shape index (κ1) is 19.6. The molecule has 5 heteroatoms. The number of fused-ring (bicyclic) bond motifs is 1. The fourth-order valence-electron chi connectivity index (χ4n) is 4.29. The summed E-state index contributed by atoms with van der Waals surface area (Å²) in [4.78, 5) is 28.7. The second kappa shape index (κ2) is 8.78. The molecule has 2 aromatic carbocycles. The van der Waals surface area contributed by atoms with Crippen LogP contribution >= 0.6 is 0 Å². The molecule has 0 radical (unpaired) electrons. The van der Waals surface area contributed by atoms with Crippen LogP contribution in [0, 0.1) is 12.8 Å². The van der Waals surface area contributed by atoms with Gasteiger partial charge in [0.2, 0.25) is 11.8 Å². The molecule has 0 spiro atoms. The Morgan fingerprint density at radius 2 is 1.79 bits per heavy atom. The maximum atomic E-state index is 12.9. The summed E-state index contributed by atoms with van der Waals surface area (Å²) in [5, 5.41) is 2.84. The van der Waals surface area contributed by atoms with E-state index in [0.29, 0.717) is 12.2 Å². The lowest BCUT2D eigenvalue weighted by molar-refractivity contribution is -0.123. The quantitative estimate of drug-likeness (QED) is 0.847. The first-order valence-electron chi connectivity index (χ1n) is 10.6. The van der Waals surface area contributed by atoms with Crippen molar-refractivity contribution in [3.05, 3.63) is 59.7 Å². The van der Waals surface area contributed by atoms with Crippen LogP contribution in [-0.2, 0) is 16.0 Å². The van der Waals surface area contributed by atoms with Gasteiger partial charge in [-0.15, -0.1) is 0 Å². The first-order chi connectivity index (χ1) is 14.1. The Kier molecular flexibility index (Phi) is 5.95. The molecule has 2 aromatic rings. The summed E-state index contributed by atoms with van der Waals surface area (Å²) in [7, 11) is 0. The molecule has 0 aliphatic carbocycles. The van der Waals surface area contributed by atoms with E-state index >= 15 is 0 Å². The maximum absolute atomic E-state index is 12.9. The minimum atomic E-state index is -0.133. The van der Waals surface area contributed by atoms with Crippen LogP contribution in [0.2, 0.25) is 0 Å². The molecule has 29 heavy (non-hydrogen) atoms. The molecule has 2 amide bonds. The van der Waals surface area contributed by atoms with Crippen LogP contribution in [0.25, 0.3) is 0 Å². The van der Waals surface area contributed by atoms with E-state index in [2.05, 4.69) is 41.4 Å². The van der Waals surface area contributed by atoms with Crippen LogP contribution in [0.4, 0.5) is 11.4 Å². The number of carbonyl (C=O) groups excluding carboxylic acids is 2. The molecular weight excluding hydrogens is 362 g/mol. The summed E-state index contributed by atoms with van der Waals surface area (Å²) in [6.07, 6.45) is 4.61. The number of carbonyl (C=O) groups is 2. The lowest BCUT2D eigenvalue weighted by Crippen LogP contribution is -2.48. The highest BCUT2D eigenvalue weighted by molar-refractivity contribution is 6.10. The van der Waals surface area contributed by atoms with Gasteiger partial charge in [0.15, 0.2) is 0 Å². The molecule has 0 saturated carbocycles. The minimum Gasteiger partial charge on any atom is -0.323 e. The van der Waals surface area contributed by atoms with Crippen LogP contribution < -0.4 is 10.2 Å². The number of para-hydroxylation sites is 2. The van der Waals surface area contributed by atoms with Gasteiger partial charge in [-0.25, -0.2) is 0 Å². The number of anilines is 2. The third-order valence-electron chi connectivity index (χ3n) is 6.10. The van der Waals surface area contributed by atoms with Gasteiger partial charge in [0.1, 0.15) is 6.54 Å². The highest BCUT2D eigenvalue weighted by atomic mass is 16.2. The number of rotatable bonds is 5. The molecule has 2 aliphatic rings. The van der Waals surface area contributed by atoms with Gasteiger partial charge in [-0.05, 0) is 69.3 Å². The Morgan fingerprint density at radius 1 is 1.07 bits per heavy atom. The summed E-state index contributed by atoms with van der Waals surface area (Å²) in [6, 6.07) is 16.3. The number of piperidine rings is 1. The fraction of sp³-hybridized carbons (Fsp3) is 0.417. The number of aryl methyl sites for hydroxylation is 2. The molecule has 5 nitrogen and oxygen atoms in total. The molecule has 152 valence electrons. The van der Waals surface area contributed by atoms with E-state index in [1.165, 1.54) is 17.5 Å². The summed E-state index contributed by atoms with van der Waals surface area (Å²) in [6.45, 7) is 4.50. The predicted octanol–water partition coefficient (Wildman–Crippen LogP) is 3.62. The van der Waals surface area contributed by atoms with Crippen LogP contribution in [0.5, 0.6) is 0 Å². The number of amides is 2. The minimum absolute atomic E-state index is 0.00500. The van der Waals surface area contributed by atoms with Crippen molar-refractivity contribution in [3.63, 3.8) is 0 Å². The Morgan fingerprint density at radius 3 is 2.55 bits per heavy atom. The van der Waals surface area contributed by atoms with Crippen molar-refractivity contribution in [2.24, 2.45) is 5.92 Å². The molecular formula is C24H29N3O2. The first-order valence-corrected chi connectivity index (χ1v) is 10.6. The molecule has 0 unspecified atom stereocenters. The van der Waals surface area contributed by atoms with Gasteiger partial charge < -0.3 is 5.32 Å². The highest BCUT2D eigenvalue weighted by Gasteiger charge is 2.28. The normalized spacial score (nSPS) is 17.7. The highest BCUT2D eigenvalue weighted by Crippen LogP contribution is 2.29. The average molecular weight is 392 g/mol. The monoisotopic (exact) mass is 391 g/mol. The molecule has 1 fully saturated rings. The van der Waals surface area contributed by atoms with Crippen LogP contribution in [0.1, 0.15) is 30.4 Å². The molecule has 2 heterocycles. The van der Waals surface area contributed by atoms with E-state index < -0.39 is 0 Å². The predicted molar refractivity (Wildman–Crippen MR) is 116 cm³/mol. The molecule has 1 saturated heterocycles. The topological polar surface area (TPSA) is 52.7 Å². The van der Waals surface area contributed by atoms with E-state index in [9.17, 15) is 9.59 Å². The van der Waals surface area contributed by atoms with Crippen LogP contribution in [0.15, 0.2) is 48.5 Å². The Bertz CT molecular complexity index is 870. The summed E-state index contributed by atoms with van der Waals surface area (Å²) >= 11 is 0. The third-order valence-corrected chi connectivity index (χ3v) is 6.10. The molecule has 0 aromatic heterocycles. The van der Waals surface area contributed by atoms with Crippen molar-refractivity contribution < 1.29 is 9.59 Å². The Hall–Kier alpha value is -2.66. The number of hydrogen-bond acceptors (Lipinski definition) is 3. The van der Waals surface area contributed by atoms with Crippen molar-refractivity contribution >= 4 is 23.2 Å². The third kappa shape index (κ3) is 4.85. The number of nitrogens with zero attached hydrogens (tertiary/aromatic N) is 2. The van der Waals surface area contributed by atoms with Gasteiger partial charge in [0.25, 0.3) is 0 Å². The maximum Gasteiger partial charge on any atom is 0.244 e. The Labute approximate surface area is 172 Å². The van der Waals surface area contributed by atoms with Crippen molar-refractivity contribution in [1.82, 2.24) is 4.90 Å². The number of benzene rings is 2. The van der Waals surface area contributed by atoms with Gasteiger partial charge in [-0.3, -0.25) is 19.4 Å². The zero-order valence-electron chi connectivity index (χ0n) is 17.1. The zero-order valence-corrected chi connectivity index (χ0v) is 17.1. The van der Waals surface area contributed by atoms with E-state index in [1.54, 1.807) is 4.90 Å². The summed E-state index contributed by atoms with van der Waals surface area (Å²) < 4.78 is 0. The fourth-order valence-corrected chi connectivity index (χ4v) is 4.29. The van der Waals surface area contributed by atoms with E-state index in [1.807, 2.05) is 24.3 Å². The van der Waals surface area contributed by atoms with Crippen molar-refractivity contribution in [1.29, 1.82) is 0 Å². The van der Waals surface area contributed by atoms with Gasteiger partial charge in [0, 0.05) is 0 Å². The standard InChI is InChI=1S/C24H29N3O2/c1-18-6-8-19(9-7-18)10-11-20-12-14-26(15-13-20)17-24(29)27-16-23(28)25-21-4-2-3-5-22(21)27/h2-9,20H,10-17H2,1H3,(H,25,28). The van der Waals surface area contributed by atoms with Crippen LogP contribution in [-0.4, -0.2) is 42.9 Å². The molecule has 1 N–H and O–H groups in total.